The highest BCUT2D eigenvalue weighted by Gasteiger charge is 2.24. The van der Waals surface area contributed by atoms with Gasteiger partial charge in [0.1, 0.15) is 0 Å². The van der Waals surface area contributed by atoms with Crippen molar-refractivity contribution in [2.24, 2.45) is 5.92 Å². The fourth-order valence-electron chi connectivity index (χ4n) is 2.60. The topological polar surface area (TPSA) is 38.8 Å². The van der Waals surface area contributed by atoms with E-state index >= 15 is 0 Å². The second kappa shape index (κ2) is 12.1. The number of carbonyl (C=O) groups is 1. The van der Waals surface area contributed by atoms with Crippen molar-refractivity contribution in [2.45, 2.75) is 62.6 Å². The molecule has 0 aliphatic carbocycles. The first kappa shape index (κ1) is 20.7. The van der Waals surface area contributed by atoms with Gasteiger partial charge in [0.15, 0.2) is 6.29 Å². The molecule has 1 heterocycles. The molecule has 1 saturated heterocycles. The fraction of sp³-hybridized carbons (Fsp3) is 0.833. The Labute approximate surface area is 154 Å². The van der Waals surface area contributed by atoms with Crippen LogP contribution in [-0.4, -0.2) is 47.3 Å². The normalized spacial score (nSPS) is 22.9. The van der Waals surface area contributed by atoms with E-state index in [1.54, 1.807) is 0 Å². The van der Waals surface area contributed by atoms with Gasteiger partial charge in [0.05, 0.1) is 17.1 Å². The molecule has 4 nitrogen and oxygen atoms in total. The third-order valence-corrected chi connectivity index (χ3v) is 5.36. The number of alkyl halides is 1. The van der Waals surface area contributed by atoms with Gasteiger partial charge >= 0.3 is 0 Å². The lowest BCUT2D eigenvalue weighted by Gasteiger charge is -2.26. The molecular weight excluding hydrogens is 405 g/mol. The lowest BCUT2D eigenvalue weighted by atomic mass is 10.1. The van der Waals surface area contributed by atoms with Crippen molar-refractivity contribution in [3.63, 3.8) is 0 Å². The Balaban J connectivity index is 2.50. The van der Waals surface area contributed by atoms with Crippen molar-refractivity contribution in [3.05, 3.63) is 0 Å². The van der Waals surface area contributed by atoms with E-state index < -0.39 is 0 Å². The van der Waals surface area contributed by atoms with Gasteiger partial charge in [0, 0.05) is 25.9 Å². The van der Waals surface area contributed by atoms with Crippen LogP contribution in [0.2, 0.25) is 0 Å². The molecule has 1 amide bonds. The van der Waals surface area contributed by atoms with Crippen molar-refractivity contribution >= 4 is 28.5 Å². The zero-order chi connectivity index (χ0) is 17.1. The number of terminal acetylenes is 1. The van der Waals surface area contributed by atoms with Gasteiger partial charge in [-0.3, -0.25) is 4.79 Å². The van der Waals surface area contributed by atoms with Crippen LogP contribution in [0.5, 0.6) is 0 Å². The highest BCUT2D eigenvalue weighted by molar-refractivity contribution is 14.1. The van der Waals surface area contributed by atoms with E-state index in [2.05, 4.69) is 42.4 Å². The lowest BCUT2D eigenvalue weighted by Crippen LogP contribution is -2.39. The number of carbonyl (C=O) groups excluding carboxylic acids is 1. The van der Waals surface area contributed by atoms with Crippen LogP contribution in [0.4, 0.5) is 0 Å². The number of hydrogen-bond acceptors (Lipinski definition) is 3. The average Bonchev–Trinajstić information content (AvgIpc) is 2.79. The van der Waals surface area contributed by atoms with Crippen molar-refractivity contribution in [2.75, 3.05) is 26.3 Å². The Hall–Kier alpha value is -0.320. The summed E-state index contributed by atoms with van der Waals surface area (Å²) in [5, 5.41) is 0. The molecule has 3 unspecified atom stereocenters. The SMILES string of the molecule is C#CCCN(CCC1OCCC(CC)CO1)C(=O)C(I)CCC. The lowest BCUT2D eigenvalue weighted by molar-refractivity contribution is -0.141. The monoisotopic (exact) mass is 435 g/mol. The molecule has 0 saturated carbocycles. The third kappa shape index (κ3) is 7.86. The Morgan fingerprint density at radius 1 is 1.39 bits per heavy atom. The van der Waals surface area contributed by atoms with Gasteiger partial charge in [0.2, 0.25) is 5.91 Å². The minimum Gasteiger partial charge on any atom is -0.353 e. The van der Waals surface area contributed by atoms with E-state index in [0.29, 0.717) is 31.8 Å². The van der Waals surface area contributed by atoms with Crippen LogP contribution in [0, 0.1) is 18.3 Å². The van der Waals surface area contributed by atoms with Crippen LogP contribution < -0.4 is 0 Å². The van der Waals surface area contributed by atoms with Crippen molar-refractivity contribution in [3.8, 4) is 12.3 Å². The average molecular weight is 435 g/mol. The molecule has 0 N–H and O–H groups in total. The Morgan fingerprint density at radius 3 is 2.83 bits per heavy atom. The van der Waals surface area contributed by atoms with E-state index in [0.717, 1.165) is 38.9 Å². The van der Waals surface area contributed by atoms with Crippen LogP contribution in [0.15, 0.2) is 0 Å². The van der Waals surface area contributed by atoms with E-state index in [1.807, 2.05) is 4.90 Å². The summed E-state index contributed by atoms with van der Waals surface area (Å²) >= 11 is 2.24. The van der Waals surface area contributed by atoms with Gasteiger partial charge in [-0.25, -0.2) is 0 Å². The van der Waals surface area contributed by atoms with Crippen molar-refractivity contribution < 1.29 is 14.3 Å². The Morgan fingerprint density at radius 2 is 2.17 bits per heavy atom. The summed E-state index contributed by atoms with van der Waals surface area (Å²) in [6, 6.07) is 0. The Bertz CT molecular complexity index is 383. The van der Waals surface area contributed by atoms with E-state index in [-0.39, 0.29) is 16.1 Å². The number of amides is 1. The maximum Gasteiger partial charge on any atom is 0.235 e. The highest BCUT2D eigenvalue weighted by atomic mass is 127. The summed E-state index contributed by atoms with van der Waals surface area (Å²) in [6.07, 6.45) is 10.5. The largest absolute Gasteiger partial charge is 0.353 e. The second-order valence-electron chi connectivity index (χ2n) is 6.02. The van der Waals surface area contributed by atoms with Gasteiger partial charge in [-0.2, -0.15) is 0 Å². The number of hydrogen-bond donors (Lipinski definition) is 0. The van der Waals surface area contributed by atoms with E-state index in [9.17, 15) is 4.79 Å². The first-order valence-corrected chi connectivity index (χ1v) is 9.96. The predicted molar refractivity (Wildman–Crippen MR) is 101 cm³/mol. The molecule has 1 fully saturated rings. The maximum absolute atomic E-state index is 12.5. The second-order valence-corrected chi connectivity index (χ2v) is 7.52. The van der Waals surface area contributed by atoms with Crippen molar-refractivity contribution in [1.29, 1.82) is 0 Å². The first-order valence-electron chi connectivity index (χ1n) is 8.71. The zero-order valence-corrected chi connectivity index (χ0v) is 16.6. The minimum absolute atomic E-state index is 0.0239. The molecule has 1 rings (SSSR count). The summed E-state index contributed by atoms with van der Waals surface area (Å²) in [6.45, 7) is 7.04. The minimum atomic E-state index is -0.202. The molecule has 0 bridgehead atoms. The third-order valence-electron chi connectivity index (χ3n) is 4.21. The molecule has 132 valence electrons. The van der Waals surface area contributed by atoms with Gasteiger partial charge in [-0.05, 0) is 18.8 Å². The highest BCUT2D eigenvalue weighted by Crippen LogP contribution is 2.18. The summed E-state index contributed by atoms with van der Waals surface area (Å²) in [4.78, 5) is 14.4. The molecule has 0 radical (unpaired) electrons. The summed E-state index contributed by atoms with van der Waals surface area (Å²) < 4.78 is 11.6. The molecule has 0 aromatic heterocycles. The predicted octanol–water partition coefficient (Wildman–Crippen LogP) is 3.62. The van der Waals surface area contributed by atoms with Crippen LogP contribution in [-0.2, 0) is 14.3 Å². The summed E-state index contributed by atoms with van der Waals surface area (Å²) in [5.74, 6) is 3.40. The number of rotatable bonds is 9. The number of ether oxygens (including phenoxy) is 2. The molecular formula is C18H30INO3. The van der Waals surface area contributed by atoms with Crippen LogP contribution >= 0.6 is 22.6 Å². The molecule has 1 aliphatic rings. The molecule has 1 aliphatic heterocycles. The molecule has 0 aromatic carbocycles. The molecule has 0 aromatic rings. The van der Waals surface area contributed by atoms with E-state index in [4.69, 9.17) is 15.9 Å². The van der Waals surface area contributed by atoms with E-state index in [1.165, 1.54) is 0 Å². The fourth-order valence-corrected chi connectivity index (χ4v) is 3.61. The van der Waals surface area contributed by atoms with Crippen LogP contribution in [0.3, 0.4) is 0 Å². The maximum atomic E-state index is 12.5. The van der Waals surface area contributed by atoms with Crippen molar-refractivity contribution in [1.82, 2.24) is 4.90 Å². The first-order chi connectivity index (χ1) is 11.1. The van der Waals surface area contributed by atoms with Gasteiger partial charge in [-0.15, -0.1) is 12.3 Å². The molecule has 0 spiro atoms. The van der Waals surface area contributed by atoms with Gasteiger partial charge in [-0.1, -0.05) is 49.3 Å². The van der Waals surface area contributed by atoms with Crippen LogP contribution in [0.25, 0.3) is 0 Å². The smallest absolute Gasteiger partial charge is 0.235 e. The Kier molecular flexibility index (Phi) is 10.9. The number of halogens is 1. The van der Waals surface area contributed by atoms with Crippen LogP contribution in [0.1, 0.15) is 52.4 Å². The molecule has 5 heteroatoms. The zero-order valence-electron chi connectivity index (χ0n) is 14.4. The molecule has 3 atom stereocenters. The van der Waals surface area contributed by atoms with Gasteiger partial charge < -0.3 is 14.4 Å². The van der Waals surface area contributed by atoms with Gasteiger partial charge in [0.25, 0.3) is 0 Å². The summed E-state index contributed by atoms with van der Waals surface area (Å²) in [5.41, 5.74) is 0. The quantitative estimate of drug-likeness (QED) is 0.316. The molecule has 23 heavy (non-hydrogen) atoms. The standard InChI is InChI=1S/C18H30INO3/c1-4-7-11-20(18(21)16(19)8-5-2)12-9-17-22-13-10-15(6-3)14-23-17/h1,15-17H,5-14H2,2-3H3. The summed E-state index contributed by atoms with van der Waals surface area (Å²) in [7, 11) is 0. The number of nitrogens with zero attached hydrogens (tertiary/aromatic N) is 1.